The SMILES string of the molecule is COCCN(CC(=O)O)C(=O)CCSc1ccc(Cl)cc1. The van der Waals surface area contributed by atoms with Gasteiger partial charge in [0.15, 0.2) is 0 Å². The summed E-state index contributed by atoms with van der Waals surface area (Å²) in [5.74, 6) is -0.621. The molecule has 0 spiro atoms. The van der Waals surface area contributed by atoms with Gasteiger partial charge in [-0.05, 0) is 24.3 Å². The number of methoxy groups -OCH3 is 1. The summed E-state index contributed by atoms with van der Waals surface area (Å²) in [5.41, 5.74) is 0. The minimum absolute atomic E-state index is 0.184. The smallest absolute Gasteiger partial charge is 0.323 e. The largest absolute Gasteiger partial charge is 0.480 e. The highest BCUT2D eigenvalue weighted by Gasteiger charge is 2.16. The maximum Gasteiger partial charge on any atom is 0.323 e. The van der Waals surface area contributed by atoms with E-state index in [4.69, 9.17) is 21.4 Å². The molecular formula is C14H18ClNO4S. The monoisotopic (exact) mass is 331 g/mol. The minimum Gasteiger partial charge on any atom is -0.480 e. The molecule has 1 N–H and O–H groups in total. The molecule has 0 aromatic heterocycles. The highest BCUT2D eigenvalue weighted by Crippen LogP contribution is 2.21. The number of amides is 1. The number of hydrogen-bond acceptors (Lipinski definition) is 4. The van der Waals surface area contributed by atoms with E-state index in [1.165, 1.54) is 23.8 Å². The summed E-state index contributed by atoms with van der Waals surface area (Å²) in [7, 11) is 1.51. The van der Waals surface area contributed by atoms with Crippen molar-refractivity contribution >= 4 is 35.2 Å². The molecule has 0 bridgehead atoms. The number of halogens is 1. The molecule has 0 radical (unpaired) electrons. The molecule has 0 aliphatic rings. The van der Waals surface area contributed by atoms with Crippen LogP contribution in [-0.4, -0.2) is 54.4 Å². The second-order valence-corrected chi connectivity index (χ2v) is 5.86. The topological polar surface area (TPSA) is 66.8 Å². The highest BCUT2D eigenvalue weighted by atomic mass is 35.5. The summed E-state index contributed by atoms with van der Waals surface area (Å²) in [4.78, 5) is 25.1. The molecule has 1 aromatic rings. The van der Waals surface area contributed by atoms with Crippen LogP contribution in [0.4, 0.5) is 0 Å². The average molecular weight is 332 g/mol. The van der Waals surface area contributed by atoms with Gasteiger partial charge in [-0.2, -0.15) is 0 Å². The van der Waals surface area contributed by atoms with E-state index in [1.807, 2.05) is 12.1 Å². The fraction of sp³-hybridized carbons (Fsp3) is 0.429. The van der Waals surface area contributed by atoms with E-state index < -0.39 is 5.97 Å². The van der Waals surface area contributed by atoms with Gasteiger partial charge in [-0.25, -0.2) is 0 Å². The lowest BCUT2D eigenvalue weighted by atomic mass is 10.3. The van der Waals surface area contributed by atoms with Crippen LogP contribution in [0.5, 0.6) is 0 Å². The summed E-state index contributed by atoms with van der Waals surface area (Å²) in [5, 5.41) is 9.48. The normalized spacial score (nSPS) is 10.4. The number of carbonyl (C=O) groups is 2. The van der Waals surface area contributed by atoms with Crippen LogP contribution in [0.3, 0.4) is 0 Å². The Kier molecular flexibility index (Phi) is 8.19. The summed E-state index contributed by atoms with van der Waals surface area (Å²) >= 11 is 7.33. The maximum atomic E-state index is 12.0. The van der Waals surface area contributed by atoms with Crippen molar-refractivity contribution in [3.63, 3.8) is 0 Å². The molecule has 21 heavy (non-hydrogen) atoms. The molecule has 0 saturated heterocycles. The number of carboxylic acids is 1. The third-order valence-corrected chi connectivity index (χ3v) is 3.91. The van der Waals surface area contributed by atoms with E-state index >= 15 is 0 Å². The van der Waals surface area contributed by atoms with Crippen LogP contribution in [0, 0.1) is 0 Å². The Morgan fingerprint density at radius 3 is 2.57 bits per heavy atom. The molecular weight excluding hydrogens is 314 g/mol. The summed E-state index contributed by atoms with van der Waals surface area (Å²) in [6, 6.07) is 7.36. The molecule has 0 unspecified atom stereocenters. The number of aliphatic carboxylic acids is 1. The minimum atomic E-state index is -1.02. The number of carbonyl (C=O) groups excluding carboxylic acids is 1. The van der Waals surface area contributed by atoms with Gasteiger partial charge >= 0.3 is 5.97 Å². The van der Waals surface area contributed by atoms with Gasteiger partial charge in [-0.1, -0.05) is 11.6 Å². The molecule has 0 atom stereocenters. The number of thioether (sulfide) groups is 1. The van der Waals surface area contributed by atoms with Crippen LogP contribution >= 0.6 is 23.4 Å². The first-order valence-corrected chi connectivity index (χ1v) is 7.76. The van der Waals surface area contributed by atoms with E-state index in [9.17, 15) is 9.59 Å². The Morgan fingerprint density at radius 2 is 2.00 bits per heavy atom. The molecule has 116 valence electrons. The van der Waals surface area contributed by atoms with Crippen molar-refractivity contribution in [1.29, 1.82) is 0 Å². The van der Waals surface area contributed by atoms with Crippen molar-refractivity contribution < 1.29 is 19.4 Å². The van der Waals surface area contributed by atoms with E-state index in [-0.39, 0.29) is 25.4 Å². The first kappa shape index (κ1) is 17.8. The second kappa shape index (κ2) is 9.65. The van der Waals surface area contributed by atoms with Gasteiger partial charge in [0.05, 0.1) is 6.61 Å². The molecule has 0 heterocycles. The fourth-order valence-electron chi connectivity index (χ4n) is 1.60. The van der Waals surface area contributed by atoms with Crippen LogP contribution < -0.4 is 0 Å². The average Bonchev–Trinajstić information content (AvgIpc) is 2.45. The lowest BCUT2D eigenvalue weighted by Gasteiger charge is -2.20. The maximum absolute atomic E-state index is 12.0. The number of ether oxygens (including phenoxy) is 1. The highest BCUT2D eigenvalue weighted by molar-refractivity contribution is 7.99. The van der Waals surface area contributed by atoms with E-state index in [0.717, 1.165) is 4.90 Å². The Labute approximate surface area is 133 Å². The molecule has 1 aromatic carbocycles. The van der Waals surface area contributed by atoms with Crippen LogP contribution in [0.1, 0.15) is 6.42 Å². The van der Waals surface area contributed by atoms with Crippen molar-refractivity contribution in [2.24, 2.45) is 0 Å². The third-order valence-electron chi connectivity index (χ3n) is 2.64. The number of hydrogen-bond donors (Lipinski definition) is 1. The summed E-state index contributed by atoms with van der Waals surface area (Å²) < 4.78 is 4.88. The van der Waals surface area contributed by atoms with Crippen molar-refractivity contribution in [3.8, 4) is 0 Å². The van der Waals surface area contributed by atoms with Gasteiger partial charge < -0.3 is 14.7 Å². The van der Waals surface area contributed by atoms with E-state index in [2.05, 4.69) is 0 Å². The molecule has 7 heteroatoms. The molecule has 0 aliphatic heterocycles. The molecule has 5 nitrogen and oxygen atoms in total. The van der Waals surface area contributed by atoms with Crippen molar-refractivity contribution in [1.82, 2.24) is 4.90 Å². The number of nitrogens with zero attached hydrogens (tertiary/aromatic N) is 1. The number of benzene rings is 1. The predicted octanol–water partition coefficient (Wildman–Crippen LogP) is 2.38. The lowest BCUT2D eigenvalue weighted by molar-refractivity contribution is -0.144. The molecule has 1 rings (SSSR count). The first-order chi connectivity index (χ1) is 10.0. The van der Waals surface area contributed by atoms with Crippen molar-refractivity contribution in [2.45, 2.75) is 11.3 Å². The molecule has 0 aliphatic carbocycles. The van der Waals surface area contributed by atoms with Crippen LogP contribution in [-0.2, 0) is 14.3 Å². The van der Waals surface area contributed by atoms with Crippen LogP contribution in [0.15, 0.2) is 29.2 Å². The van der Waals surface area contributed by atoms with Gasteiger partial charge in [0.2, 0.25) is 5.91 Å². The molecule has 0 fully saturated rings. The summed E-state index contributed by atoms with van der Waals surface area (Å²) in [6.07, 6.45) is 0.282. The van der Waals surface area contributed by atoms with Crippen molar-refractivity contribution in [3.05, 3.63) is 29.3 Å². The number of rotatable bonds is 9. The van der Waals surface area contributed by atoms with Gasteiger partial charge in [-0.3, -0.25) is 9.59 Å². The van der Waals surface area contributed by atoms with Crippen LogP contribution in [0.25, 0.3) is 0 Å². The van der Waals surface area contributed by atoms with Gasteiger partial charge in [0.25, 0.3) is 0 Å². The predicted molar refractivity (Wildman–Crippen MR) is 82.9 cm³/mol. The Hall–Kier alpha value is -1.24. The zero-order chi connectivity index (χ0) is 15.7. The zero-order valence-corrected chi connectivity index (χ0v) is 13.3. The Bertz CT molecular complexity index is 467. The van der Waals surface area contributed by atoms with E-state index in [1.54, 1.807) is 12.1 Å². The molecule has 0 saturated carbocycles. The van der Waals surface area contributed by atoms with Crippen LogP contribution in [0.2, 0.25) is 5.02 Å². The molecule has 1 amide bonds. The Morgan fingerprint density at radius 1 is 1.33 bits per heavy atom. The summed E-state index contributed by atoms with van der Waals surface area (Å²) in [6.45, 7) is 0.310. The van der Waals surface area contributed by atoms with E-state index in [0.29, 0.717) is 17.4 Å². The lowest BCUT2D eigenvalue weighted by Crippen LogP contribution is -2.38. The van der Waals surface area contributed by atoms with Gasteiger partial charge in [-0.15, -0.1) is 11.8 Å². The van der Waals surface area contributed by atoms with Gasteiger partial charge in [0.1, 0.15) is 6.54 Å². The third kappa shape index (κ3) is 7.36. The van der Waals surface area contributed by atoms with Gasteiger partial charge in [0, 0.05) is 35.7 Å². The quantitative estimate of drug-likeness (QED) is 0.704. The Balaban J connectivity index is 2.41. The second-order valence-electron chi connectivity index (χ2n) is 4.25. The standard InChI is InChI=1S/C14H18ClNO4S/c1-20-8-7-16(10-14(18)19)13(17)6-9-21-12-4-2-11(15)3-5-12/h2-5H,6-10H2,1H3,(H,18,19). The first-order valence-electron chi connectivity index (χ1n) is 6.40. The number of carboxylic acid groups (broad SMARTS) is 1. The zero-order valence-electron chi connectivity index (χ0n) is 11.8. The fourth-order valence-corrected chi connectivity index (χ4v) is 2.57. The van der Waals surface area contributed by atoms with Crippen molar-refractivity contribution in [2.75, 3.05) is 32.6 Å².